The number of carbonyl (C=O) groups is 2. The van der Waals surface area contributed by atoms with Crippen molar-refractivity contribution in [3.05, 3.63) is 59.5 Å². The summed E-state index contributed by atoms with van der Waals surface area (Å²) < 4.78 is 5.09. The molecule has 1 aromatic carbocycles. The zero-order valence-electron chi connectivity index (χ0n) is 12.0. The number of anilines is 1. The topological polar surface area (TPSA) is 62.6 Å². The largest absolute Gasteiger partial charge is 0.465 e. The lowest BCUT2D eigenvalue weighted by atomic mass is 10.3. The highest BCUT2D eigenvalue weighted by Crippen LogP contribution is 2.13. The van der Waals surface area contributed by atoms with E-state index >= 15 is 0 Å². The monoisotopic (exact) mass is 318 g/mol. The SMILES string of the molecule is CN(CC(=O)Nc1ccc(Cl)cc1)C(=O)/C=C/c1ccco1. The fourth-order valence-corrected chi connectivity index (χ4v) is 1.82. The maximum atomic E-state index is 11.9. The Labute approximate surface area is 133 Å². The summed E-state index contributed by atoms with van der Waals surface area (Å²) in [6.07, 6.45) is 4.43. The Bertz CT molecular complexity index is 663. The zero-order chi connectivity index (χ0) is 15.9. The maximum Gasteiger partial charge on any atom is 0.246 e. The van der Waals surface area contributed by atoms with Gasteiger partial charge in [0.05, 0.1) is 12.8 Å². The number of nitrogens with one attached hydrogen (secondary N) is 1. The van der Waals surface area contributed by atoms with Gasteiger partial charge < -0.3 is 14.6 Å². The van der Waals surface area contributed by atoms with Gasteiger partial charge in [0, 0.05) is 23.8 Å². The first kappa shape index (κ1) is 15.9. The molecule has 0 bridgehead atoms. The minimum Gasteiger partial charge on any atom is -0.465 e. The summed E-state index contributed by atoms with van der Waals surface area (Å²) in [5, 5.41) is 3.28. The van der Waals surface area contributed by atoms with Gasteiger partial charge >= 0.3 is 0 Å². The molecule has 0 fully saturated rings. The molecule has 1 aromatic heterocycles. The first-order valence-electron chi connectivity index (χ1n) is 6.57. The lowest BCUT2D eigenvalue weighted by Crippen LogP contribution is -2.33. The van der Waals surface area contributed by atoms with Crippen LogP contribution in [-0.4, -0.2) is 30.3 Å². The number of amides is 2. The van der Waals surface area contributed by atoms with Crippen molar-refractivity contribution in [1.29, 1.82) is 0 Å². The number of nitrogens with zero attached hydrogens (tertiary/aromatic N) is 1. The molecule has 2 aromatic rings. The van der Waals surface area contributed by atoms with Crippen molar-refractivity contribution in [2.45, 2.75) is 0 Å². The second-order valence-corrected chi connectivity index (χ2v) is 5.03. The van der Waals surface area contributed by atoms with Crippen molar-refractivity contribution in [2.75, 3.05) is 18.9 Å². The van der Waals surface area contributed by atoms with E-state index in [2.05, 4.69) is 5.32 Å². The lowest BCUT2D eigenvalue weighted by Gasteiger charge is -2.14. The number of carbonyl (C=O) groups excluding carboxylic acids is 2. The van der Waals surface area contributed by atoms with Crippen LogP contribution < -0.4 is 5.32 Å². The van der Waals surface area contributed by atoms with E-state index in [1.165, 1.54) is 17.2 Å². The number of hydrogen-bond acceptors (Lipinski definition) is 3. The summed E-state index contributed by atoms with van der Waals surface area (Å²) in [7, 11) is 1.55. The van der Waals surface area contributed by atoms with E-state index in [0.29, 0.717) is 16.5 Å². The van der Waals surface area contributed by atoms with Gasteiger partial charge in [-0.2, -0.15) is 0 Å². The van der Waals surface area contributed by atoms with Crippen LogP contribution in [0.25, 0.3) is 6.08 Å². The number of benzene rings is 1. The smallest absolute Gasteiger partial charge is 0.246 e. The second kappa shape index (κ2) is 7.47. The summed E-state index contributed by atoms with van der Waals surface area (Å²) in [6, 6.07) is 10.2. The highest BCUT2D eigenvalue weighted by atomic mass is 35.5. The maximum absolute atomic E-state index is 11.9. The van der Waals surface area contributed by atoms with E-state index in [1.807, 2.05) is 0 Å². The van der Waals surface area contributed by atoms with Crippen LogP contribution in [0, 0.1) is 0 Å². The number of hydrogen-bond donors (Lipinski definition) is 1. The van der Waals surface area contributed by atoms with E-state index in [-0.39, 0.29) is 18.4 Å². The molecule has 6 heteroatoms. The van der Waals surface area contributed by atoms with Gasteiger partial charge in [-0.1, -0.05) is 11.6 Å². The van der Waals surface area contributed by atoms with E-state index in [9.17, 15) is 9.59 Å². The van der Waals surface area contributed by atoms with E-state index < -0.39 is 0 Å². The molecule has 114 valence electrons. The van der Waals surface area contributed by atoms with Crippen LogP contribution in [-0.2, 0) is 9.59 Å². The summed E-state index contributed by atoms with van der Waals surface area (Å²) in [4.78, 5) is 25.0. The Hall–Kier alpha value is -2.53. The third kappa shape index (κ3) is 4.79. The summed E-state index contributed by atoms with van der Waals surface area (Å²) >= 11 is 5.77. The molecule has 0 unspecified atom stereocenters. The Balaban J connectivity index is 1.85. The molecule has 2 rings (SSSR count). The molecule has 0 atom stereocenters. The zero-order valence-corrected chi connectivity index (χ0v) is 12.7. The Morgan fingerprint density at radius 1 is 1.27 bits per heavy atom. The summed E-state index contributed by atoms with van der Waals surface area (Å²) in [6.45, 7) is -0.0516. The number of likely N-dealkylation sites (N-methyl/N-ethyl adjacent to an activating group) is 1. The first-order valence-corrected chi connectivity index (χ1v) is 6.94. The molecule has 1 heterocycles. The van der Waals surface area contributed by atoms with Crippen LogP contribution in [0.2, 0.25) is 5.02 Å². The van der Waals surface area contributed by atoms with Crippen molar-refractivity contribution in [3.63, 3.8) is 0 Å². The van der Waals surface area contributed by atoms with Crippen LogP contribution in [0.5, 0.6) is 0 Å². The number of halogens is 1. The predicted octanol–water partition coefficient (Wildman–Crippen LogP) is 3.04. The van der Waals surface area contributed by atoms with Crippen molar-refractivity contribution in [3.8, 4) is 0 Å². The summed E-state index contributed by atoms with van der Waals surface area (Å²) in [5.41, 5.74) is 0.626. The van der Waals surface area contributed by atoms with E-state index in [0.717, 1.165) is 0 Å². The minimum atomic E-state index is -0.289. The molecular formula is C16H15ClN2O3. The molecule has 0 saturated heterocycles. The second-order valence-electron chi connectivity index (χ2n) is 4.60. The van der Waals surface area contributed by atoms with E-state index in [1.54, 1.807) is 49.5 Å². The Kier molecular flexibility index (Phi) is 5.38. The molecule has 0 radical (unpaired) electrons. The average Bonchev–Trinajstić information content (AvgIpc) is 3.00. The average molecular weight is 319 g/mol. The lowest BCUT2D eigenvalue weighted by molar-refractivity contribution is -0.129. The van der Waals surface area contributed by atoms with Crippen molar-refractivity contribution in [2.24, 2.45) is 0 Å². The van der Waals surface area contributed by atoms with Gasteiger partial charge in [0.1, 0.15) is 5.76 Å². The van der Waals surface area contributed by atoms with Crippen LogP contribution in [0.3, 0.4) is 0 Å². The highest BCUT2D eigenvalue weighted by Gasteiger charge is 2.10. The molecule has 0 aliphatic rings. The Morgan fingerprint density at radius 3 is 2.64 bits per heavy atom. The molecule has 0 aliphatic carbocycles. The standard InChI is InChI=1S/C16H15ClN2O3/c1-19(16(21)9-8-14-3-2-10-22-14)11-15(20)18-13-6-4-12(17)5-7-13/h2-10H,11H2,1H3,(H,18,20)/b9-8+. The molecule has 2 amide bonds. The normalized spacial score (nSPS) is 10.6. The van der Waals surface area contributed by atoms with Crippen LogP contribution in [0.4, 0.5) is 5.69 Å². The van der Waals surface area contributed by atoms with Gasteiger partial charge in [-0.15, -0.1) is 0 Å². The van der Waals surface area contributed by atoms with Crippen LogP contribution in [0.1, 0.15) is 5.76 Å². The molecule has 0 aliphatic heterocycles. The molecule has 5 nitrogen and oxygen atoms in total. The number of furan rings is 1. The third-order valence-electron chi connectivity index (χ3n) is 2.82. The van der Waals surface area contributed by atoms with Gasteiger partial charge in [-0.25, -0.2) is 0 Å². The van der Waals surface area contributed by atoms with Gasteiger partial charge in [-0.05, 0) is 42.5 Å². The predicted molar refractivity (Wildman–Crippen MR) is 85.5 cm³/mol. The minimum absolute atomic E-state index is 0.0516. The van der Waals surface area contributed by atoms with Crippen LogP contribution >= 0.6 is 11.6 Å². The van der Waals surface area contributed by atoms with Gasteiger partial charge in [0.2, 0.25) is 11.8 Å². The third-order valence-corrected chi connectivity index (χ3v) is 3.07. The molecule has 22 heavy (non-hydrogen) atoms. The molecule has 1 N–H and O–H groups in total. The fraction of sp³-hybridized carbons (Fsp3) is 0.125. The van der Waals surface area contributed by atoms with Crippen LogP contribution in [0.15, 0.2) is 53.2 Å². The molecule has 0 spiro atoms. The van der Waals surface area contributed by atoms with Crippen molar-refractivity contribution in [1.82, 2.24) is 4.90 Å². The van der Waals surface area contributed by atoms with Crippen molar-refractivity contribution < 1.29 is 14.0 Å². The highest BCUT2D eigenvalue weighted by molar-refractivity contribution is 6.30. The fourth-order valence-electron chi connectivity index (χ4n) is 1.69. The van der Waals surface area contributed by atoms with E-state index in [4.69, 9.17) is 16.0 Å². The Morgan fingerprint density at radius 2 is 2.00 bits per heavy atom. The van der Waals surface area contributed by atoms with Crippen molar-refractivity contribution >= 4 is 35.2 Å². The summed E-state index contributed by atoms with van der Waals surface area (Å²) in [5.74, 6) is -0.000377. The van der Waals surface area contributed by atoms with Gasteiger partial charge in [0.25, 0.3) is 0 Å². The van der Waals surface area contributed by atoms with Gasteiger partial charge in [-0.3, -0.25) is 9.59 Å². The number of rotatable bonds is 5. The molecule has 0 saturated carbocycles. The molecular weight excluding hydrogens is 304 g/mol. The van der Waals surface area contributed by atoms with Gasteiger partial charge in [0.15, 0.2) is 0 Å². The first-order chi connectivity index (χ1) is 10.5. The quantitative estimate of drug-likeness (QED) is 0.862.